The van der Waals surface area contributed by atoms with Crippen LogP contribution in [0.5, 0.6) is 0 Å². The van der Waals surface area contributed by atoms with Gasteiger partial charge in [0.05, 0.1) is 15.7 Å². The standard InChI is InChI=1S/C13H12Cl3N3/c14-8-5-11(15)13(12(16)6-8)19-4-3-10(18-19)7-17-9-1-2-9/h3-6,9,17H,1-2,7H2. The van der Waals surface area contributed by atoms with Crippen molar-refractivity contribution in [1.82, 2.24) is 15.1 Å². The third kappa shape index (κ3) is 3.06. The molecule has 0 amide bonds. The first-order chi connectivity index (χ1) is 9.13. The zero-order chi connectivity index (χ0) is 13.4. The smallest absolute Gasteiger partial charge is 0.102 e. The van der Waals surface area contributed by atoms with E-state index >= 15 is 0 Å². The second-order valence-electron chi connectivity index (χ2n) is 4.62. The average Bonchev–Trinajstić information content (AvgIpc) is 3.05. The summed E-state index contributed by atoms with van der Waals surface area (Å²) in [6, 6.07) is 5.94. The molecular formula is C13H12Cl3N3. The predicted octanol–water partition coefficient (Wildman–Crippen LogP) is 4.08. The van der Waals surface area contributed by atoms with Crippen LogP contribution in [0.25, 0.3) is 5.69 Å². The molecule has 0 saturated heterocycles. The number of benzene rings is 1. The molecule has 0 bridgehead atoms. The molecule has 1 heterocycles. The van der Waals surface area contributed by atoms with Crippen LogP contribution in [0.1, 0.15) is 18.5 Å². The van der Waals surface area contributed by atoms with Crippen LogP contribution in [0.15, 0.2) is 24.4 Å². The molecule has 19 heavy (non-hydrogen) atoms. The minimum absolute atomic E-state index is 0.488. The summed E-state index contributed by atoms with van der Waals surface area (Å²) in [6.45, 7) is 0.764. The first kappa shape index (κ1) is 13.3. The highest BCUT2D eigenvalue weighted by Crippen LogP contribution is 2.31. The molecular weight excluding hydrogens is 305 g/mol. The Labute approximate surface area is 126 Å². The predicted molar refractivity (Wildman–Crippen MR) is 78.5 cm³/mol. The lowest BCUT2D eigenvalue weighted by Gasteiger charge is -2.07. The molecule has 6 heteroatoms. The van der Waals surface area contributed by atoms with Crippen molar-refractivity contribution < 1.29 is 0 Å². The van der Waals surface area contributed by atoms with Gasteiger partial charge in [-0.1, -0.05) is 34.8 Å². The second-order valence-corrected chi connectivity index (χ2v) is 5.88. The Bertz CT molecular complexity index is 582. The number of aromatic nitrogens is 2. The van der Waals surface area contributed by atoms with Gasteiger partial charge in [0.15, 0.2) is 0 Å². The molecule has 3 rings (SSSR count). The maximum atomic E-state index is 6.17. The zero-order valence-corrected chi connectivity index (χ0v) is 12.3. The van der Waals surface area contributed by atoms with Crippen molar-refractivity contribution in [2.45, 2.75) is 25.4 Å². The van der Waals surface area contributed by atoms with Gasteiger partial charge in [-0.2, -0.15) is 5.10 Å². The Morgan fingerprint density at radius 3 is 2.53 bits per heavy atom. The number of halogens is 3. The fraction of sp³-hybridized carbons (Fsp3) is 0.308. The van der Waals surface area contributed by atoms with E-state index in [1.54, 1.807) is 16.8 Å². The Morgan fingerprint density at radius 2 is 1.89 bits per heavy atom. The second kappa shape index (κ2) is 5.33. The first-order valence-electron chi connectivity index (χ1n) is 6.06. The Hall–Kier alpha value is -0.740. The lowest BCUT2D eigenvalue weighted by Crippen LogP contribution is -2.15. The van der Waals surface area contributed by atoms with Crippen molar-refractivity contribution in [1.29, 1.82) is 0 Å². The molecule has 0 radical (unpaired) electrons. The highest BCUT2D eigenvalue weighted by Gasteiger charge is 2.20. The molecule has 0 atom stereocenters. The van der Waals surface area contributed by atoms with Crippen molar-refractivity contribution in [2.24, 2.45) is 0 Å². The van der Waals surface area contributed by atoms with Crippen LogP contribution in [0.3, 0.4) is 0 Å². The first-order valence-corrected chi connectivity index (χ1v) is 7.20. The summed E-state index contributed by atoms with van der Waals surface area (Å²) >= 11 is 18.2. The van der Waals surface area contributed by atoms with Gasteiger partial charge in [-0.3, -0.25) is 0 Å². The minimum Gasteiger partial charge on any atom is -0.308 e. The number of nitrogens with one attached hydrogen (secondary N) is 1. The summed E-state index contributed by atoms with van der Waals surface area (Å²) < 4.78 is 1.69. The van der Waals surface area contributed by atoms with Crippen LogP contribution < -0.4 is 5.32 Å². The number of hydrogen-bond acceptors (Lipinski definition) is 2. The molecule has 1 aliphatic carbocycles. The fourth-order valence-electron chi connectivity index (χ4n) is 1.87. The topological polar surface area (TPSA) is 29.9 Å². The van der Waals surface area contributed by atoms with Gasteiger partial charge < -0.3 is 5.32 Å². The van der Waals surface area contributed by atoms with Gasteiger partial charge in [0.25, 0.3) is 0 Å². The molecule has 1 aromatic carbocycles. The summed E-state index contributed by atoms with van der Waals surface area (Å²) in [5.74, 6) is 0. The van der Waals surface area contributed by atoms with Crippen LogP contribution >= 0.6 is 34.8 Å². The number of nitrogens with zero attached hydrogens (tertiary/aromatic N) is 2. The monoisotopic (exact) mass is 315 g/mol. The van der Waals surface area contributed by atoms with E-state index in [1.807, 2.05) is 12.3 Å². The minimum atomic E-state index is 0.488. The lowest BCUT2D eigenvalue weighted by atomic mass is 10.3. The van der Waals surface area contributed by atoms with Gasteiger partial charge in [0.1, 0.15) is 5.69 Å². The summed E-state index contributed by atoms with van der Waals surface area (Å²) in [5, 5.41) is 9.38. The molecule has 1 fully saturated rings. The largest absolute Gasteiger partial charge is 0.308 e. The van der Waals surface area contributed by atoms with Gasteiger partial charge >= 0.3 is 0 Å². The Kier molecular flexibility index (Phi) is 3.72. The molecule has 1 aromatic heterocycles. The van der Waals surface area contributed by atoms with Crippen LogP contribution in [-0.4, -0.2) is 15.8 Å². The van der Waals surface area contributed by atoms with E-state index in [0.29, 0.717) is 26.8 Å². The zero-order valence-electron chi connectivity index (χ0n) is 10.0. The van der Waals surface area contributed by atoms with E-state index in [4.69, 9.17) is 34.8 Å². The summed E-state index contributed by atoms with van der Waals surface area (Å²) in [6.07, 6.45) is 4.37. The van der Waals surface area contributed by atoms with Crippen molar-refractivity contribution in [3.8, 4) is 5.69 Å². The highest BCUT2D eigenvalue weighted by molar-refractivity contribution is 6.40. The van der Waals surface area contributed by atoms with Crippen LogP contribution in [0.2, 0.25) is 15.1 Å². The quantitative estimate of drug-likeness (QED) is 0.921. The molecule has 100 valence electrons. The summed E-state index contributed by atoms with van der Waals surface area (Å²) in [4.78, 5) is 0. The SMILES string of the molecule is Clc1cc(Cl)c(-n2ccc(CNC3CC3)n2)c(Cl)c1. The van der Waals surface area contributed by atoms with E-state index < -0.39 is 0 Å². The van der Waals surface area contributed by atoms with Crippen molar-refractivity contribution in [3.05, 3.63) is 45.2 Å². The third-order valence-electron chi connectivity index (χ3n) is 3.00. The van der Waals surface area contributed by atoms with E-state index in [2.05, 4.69) is 10.4 Å². The van der Waals surface area contributed by atoms with Crippen molar-refractivity contribution in [3.63, 3.8) is 0 Å². The van der Waals surface area contributed by atoms with Crippen LogP contribution in [0, 0.1) is 0 Å². The van der Waals surface area contributed by atoms with E-state index in [1.165, 1.54) is 12.8 Å². The number of rotatable bonds is 4. The summed E-state index contributed by atoms with van der Waals surface area (Å²) in [7, 11) is 0. The Balaban J connectivity index is 1.85. The van der Waals surface area contributed by atoms with Crippen molar-refractivity contribution in [2.75, 3.05) is 0 Å². The molecule has 0 spiro atoms. The van der Waals surface area contributed by atoms with E-state index in [0.717, 1.165) is 12.2 Å². The molecule has 1 aliphatic rings. The van der Waals surface area contributed by atoms with Gasteiger partial charge in [-0.25, -0.2) is 4.68 Å². The van der Waals surface area contributed by atoms with Crippen LogP contribution in [0.4, 0.5) is 0 Å². The number of hydrogen-bond donors (Lipinski definition) is 1. The Morgan fingerprint density at radius 1 is 1.21 bits per heavy atom. The van der Waals surface area contributed by atoms with E-state index in [-0.39, 0.29) is 0 Å². The lowest BCUT2D eigenvalue weighted by molar-refractivity contribution is 0.665. The summed E-state index contributed by atoms with van der Waals surface area (Å²) in [5.41, 5.74) is 1.62. The highest BCUT2D eigenvalue weighted by atomic mass is 35.5. The van der Waals surface area contributed by atoms with Gasteiger partial charge in [0, 0.05) is 23.8 Å². The van der Waals surface area contributed by atoms with Gasteiger partial charge in [-0.05, 0) is 31.0 Å². The maximum Gasteiger partial charge on any atom is 0.102 e. The molecule has 0 aliphatic heterocycles. The third-order valence-corrected chi connectivity index (χ3v) is 3.80. The van der Waals surface area contributed by atoms with E-state index in [9.17, 15) is 0 Å². The molecule has 1 N–H and O–H groups in total. The van der Waals surface area contributed by atoms with Gasteiger partial charge in [0.2, 0.25) is 0 Å². The molecule has 1 saturated carbocycles. The maximum absolute atomic E-state index is 6.17. The average molecular weight is 317 g/mol. The van der Waals surface area contributed by atoms with Crippen LogP contribution in [-0.2, 0) is 6.54 Å². The normalized spacial score (nSPS) is 14.9. The van der Waals surface area contributed by atoms with Crippen molar-refractivity contribution >= 4 is 34.8 Å². The fourth-order valence-corrected chi connectivity index (χ4v) is 2.86. The van der Waals surface area contributed by atoms with Gasteiger partial charge in [-0.15, -0.1) is 0 Å². The molecule has 2 aromatic rings. The molecule has 0 unspecified atom stereocenters. The molecule has 3 nitrogen and oxygen atoms in total.